The normalized spacial score (nSPS) is 11.4. The van der Waals surface area contributed by atoms with Gasteiger partial charge in [0.15, 0.2) is 0 Å². The summed E-state index contributed by atoms with van der Waals surface area (Å²) < 4.78 is 1.03. The Kier molecular flexibility index (Phi) is 38.7. The first-order valence-corrected chi connectivity index (χ1v) is 27.2. The van der Waals surface area contributed by atoms with Crippen LogP contribution in [-0.2, 0) is 14.4 Å². The van der Waals surface area contributed by atoms with Gasteiger partial charge in [-0.2, -0.15) is 0 Å². The lowest BCUT2D eigenvalue weighted by Crippen LogP contribution is -2.50. The lowest BCUT2D eigenvalue weighted by molar-refractivity contribution is -0.121. The van der Waals surface area contributed by atoms with Crippen molar-refractivity contribution in [3.63, 3.8) is 0 Å². The molecule has 0 fully saturated rings. The number of carbonyl (C=O) groups excluding carboxylic acids is 4. The van der Waals surface area contributed by atoms with Crippen molar-refractivity contribution in [1.29, 1.82) is 0 Å². The molecule has 0 aliphatic heterocycles. The van der Waals surface area contributed by atoms with E-state index in [-0.39, 0.29) is 42.9 Å². The van der Waals surface area contributed by atoms with Crippen molar-refractivity contribution in [2.24, 2.45) is 0 Å². The van der Waals surface area contributed by atoms with Gasteiger partial charge in [-0.25, -0.2) is 0 Å². The maximum absolute atomic E-state index is 13.8. The molecule has 62 heavy (non-hydrogen) atoms. The molecule has 0 radical (unpaired) electrons. The van der Waals surface area contributed by atoms with Crippen molar-refractivity contribution in [2.45, 2.75) is 257 Å². The highest BCUT2D eigenvalue weighted by Crippen LogP contribution is 2.27. The minimum atomic E-state index is -0.905. The molecule has 0 aliphatic carbocycles. The monoisotopic (exact) mass is 979 g/mol. The van der Waals surface area contributed by atoms with E-state index in [9.17, 15) is 19.2 Å². The minimum absolute atomic E-state index is 0.0513. The van der Waals surface area contributed by atoms with Gasteiger partial charge in [-0.05, 0) is 85.4 Å². The molecule has 0 bridgehead atoms. The molecule has 0 aromatic heterocycles. The zero-order chi connectivity index (χ0) is 45.2. The van der Waals surface area contributed by atoms with Crippen LogP contribution in [0.15, 0.2) is 24.3 Å². The highest BCUT2D eigenvalue weighted by Gasteiger charge is 2.34. The average molecular weight is 979 g/mol. The van der Waals surface area contributed by atoms with E-state index in [2.05, 4.69) is 64.6 Å². The van der Waals surface area contributed by atoms with Gasteiger partial charge in [-0.1, -0.05) is 194 Å². The molecule has 1 rings (SSSR count). The number of carbonyl (C=O) groups is 4. The van der Waals surface area contributed by atoms with Crippen molar-refractivity contribution in [2.75, 3.05) is 19.6 Å². The SMILES string of the molecule is CCCCCCCCCCCCNC(=O)CCC(CCC(=O)NCCCCCCCCCCCC)(CCC(=O)NCCCCCCCCCCCC)NC(=O)c1ccc(I)cc1. The fourth-order valence-electron chi connectivity index (χ4n) is 8.32. The summed E-state index contributed by atoms with van der Waals surface area (Å²) in [7, 11) is 0. The Balaban J connectivity index is 2.83. The number of rotatable bonds is 44. The maximum Gasteiger partial charge on any atom is 0.251 e. The summed E-state index contributed by atoms with van der Waals surface area (Å²) in [4.78, 5) is 53.7. The minimum Gasteiger partial charge on any atom is -0.356 e. The standard InChI is InChI=1S/C53H95IN4O4/c1-4-7-10-13-16-19-22-25-28-31-44-55-49(59)38-41-53(58-52(62)47-34-36-48(54)37-35-47,42-39-50(60)56-45-32-29-26-23-20-17-14-11-8-5-2)43-40-51(61)57-46-33-30-27-24-21-18-15-12-9-6-3/h34-37H,4-33,38-46H2,1-3H3,(H,55,59)(H,56,60)(H,57,61)(H,58,62). The topological polar surface area (TPSA) is 116 Å². The van der Waals surface area contributed by atoms with Crippen molar-refractivity contribution in [3.8, 4) is 0 Å². The lowest BCUT2D eigenvalue weighted by Gasteiger charge is -2.35. The van der Waals surface area contributed by atoms with E-state index in [1.807, 2.05) is 12.1 Å². The van der Waals surface area contributed by atoms with E-state index in [0.29, 0.717) is 44.5 Å². The third-order valence-corrected chi connectivity index (χ3v) is 13.3. The number of hydrogen-bond acceptors (Lipinski definition) is 4. The molecule has 8 nitrogen and oxygen atoms in total. The Morgan fingerprint density at radius 1 is 0.403 bits per heavy atom. The van der Waals surface area contributed by atoms with Gasteiger partial charge in [0.1, 0.15) is 0 Å². The molecule has 0 atom stereocenters. The van der Waals surface area contributed by atoms with Crippen LogP contribution in [0.3, 0.4) is 0 Å². The Hall–Kier alpha value is -2.17. The van der Waals surface area contributed by atoms with Crippen molar-refractivity contribution >= 4 is 46.2 Å². The average Bonchev–Trinajstić information content (AvgIpc) is 3.27. The fourth-order valence-corrected chi connectivity index (χ4v) is 8.68. The molecular weight excluding hydrogens is 884 g/mol. The molecule has 0 aliphatic rings. The molecule has 358 valence electrons. The van der Waals surface area contributed by atoms with E-state index in [1.165, 1.54) is 154 Å². The number of benzene rings is 1. The molecule has 0 saturated heterocycles. The van der Waals surface area contributed by atoms with Crippen LogP contribution in [0.4, 0.5) is 0 Å². The summed E-state index contributed by atoms with van der Waals surface area (Å²) in [5, 5.41) is 12.6. The molecule has 0 saturated carbocycles. The number of hydrogen-bond donors (Lipinski definition) is 4. The van der Waals surface area contributed by atoms with Gasteiger partial charge in [0.25, 0.3) is 5.91 Å². The van der Waals surface area contributed by atoms with Gasteiger partial charge in [-0.15, -0.1) is 0 Å². The van der Waals surface area contributed by atoms with Crippen LogP contribution in [0.5, 0.6) is 0 Å². The summed E-state index contributed by atoms with van der Waals surface area (Å²) in [6.45, 7) is 8.67. The molecule has 1 aromatic rings. The zero-order valence-electron chi connectivity index (χ0n) is 40.4. The predicted octanol–water partition coefficient (Wildman–Crippen LogP) is 14.2. The Labute approximate surface area is 395 Å². The Morgan fingerprint density at radius 2 is 0.661 bits per heavy atom. The van der Waals surface area contributed by atoms with E-state index in [0.717, 1.165) is 42.1 Å². The van der Waals surface area contributed by atoms with E-state index < -0.39 is 5.54 Å². The first-order chi connectivity index (χ1) is 30.2. The first-order valence-electron chi connectivity index (χ1n) is 26.1. The van der Waals surface area contributed by atoms with Gasteiger partial charge in [0.05, 0.1) is 0 Å². The van der Waals surface area contributed by atoms with E-state index in [4.69, 9.17) is 0 Å². The summed E-state index contributed by atoms with van der Waals surface area (Å²) in [6.07, 6.45) is 38.9. The number of amides is 4. The quantitative estimate of drug-likeness (QED) is 0.0385. The van der Waals surface area contributed by atoms with Crippen LogP contribution < -0.4 is 21.3 Å². The first kappa shape index (κ1) is 57.8. The van der Waals surface area contributed by atoms with Crippen molar-refractivity contribution in [1.82, 2.24) is 21.3 Å². The third-order valence-electron chi connectivity index (χ3n) is 12.5. The van der Waals surface area contributed by atoms with Crippen LogP contribution in [0.2, 0.25) is 0 Å². The van der Waals surface area contributed by atoms with Gasteiger partial charge in [-0.3, -0.25) is 19.2 Å². The van der Waals surface area contributed by atoms with Gasteiger partial charge < -0.3 is 21.3 Å². The number of nitrogens with one attached hydrogen (secondary N) is 4. The van der Waals surface area contributed by atoms with Crippen LogP contribution in [0.25, 0.3) is 0 Å². The number of halogens is 1. The second-order valence-electron chi connectivity index (χ2n) is 18.3. The van der Waals surface area contributed by atoms with Crippen LogP contribution in [-0.4, -0.2) is 48.8 Å². The van der Waals surface area contributed by atoms with Gasteiger partial charge >= 0.3 is 0 Å². The van der Waals surface area contributed by atoms with Crippen LogP contribution in [0.1, 0.15) is 262 Å². The smallest absolute Gasteiger partial charge is 0.251 e. The molecule has 9 heteroatoms. The second-order valence-corrected chi connectivity index (χ2v) is 19.6. The molecular formula is C53H95IN4O4. The maximum atomic E-state index is 13.8. The van der Waals surface area contributed by atoms with Crippen LogP contribution >= 0.6 is 22.6 Å². The molecule has 4 amide bonds. The Morgan fingerprint density at radius 3 is 0.935 bits per heavy atom. The predicted molar refractivity (Wildman–Crippen MR) is 272 cm³/mol. The van der Waals surface area contributed by atoms with Crippen molar-refractivity contribution in [3.05, 3.63) is 33.4 Å². The highest BCUT2D eigenvalue weighted by molar-refractivity contribution is 14.1. The van der Waals surface area contributed by atoms with E-state index in [1.54, 1.807) is 12.1 Å². The Bertz CT molecular complexity index is 1140. The summed E-state index contributed by atoms with van der Waals surface area (Å²) in [5.41, 5.74) is -0.381. The third kappa shape index (κ3) is 34.3. The molecule has 0 unspecified atom stereocenters. The fraction of sp³-hybridized carbons (Fsp3) is 0.811. The molecule has 1 aromatic carbocycles. The summed E-state index contributed by atoms with van der Waals surface area (Å²) >= 11 is 2.23. The van der Waals surface area contributed by atoms with E-state index >= 15 is 0 Å². The summed E-state index contributed by atoms with van der Waals surface area (Å²) in [5.74, 6) is -0.400. The second kappa shape index (κ2) is 41.5. The van der Waals surface area contributed by atoms with Crippen molar-refractivity contribution < 1.29 is 19.2 Å². The zero-order valence-corrected chi connectivity index (χ0v) is 42.6. The van der Waals surface area contributed by atoms with Crippen LogP contribution in [0, 0.1) is 3.57 Å². The largest absolute Gasteiger partial charge is 0.356 e. The molecule has 4 N–H and O–H groups in total. The van der Waals surface area contributed by atoms with Gasteiger partial charge in [0.2, 0.25) is 17.7 Å². The number of unbranched alkanes of at least 4 members (excludes halogenated alkanes) is 27. The van der Waals surface area contributed by atoms with Gasteiger partial charge in [0, 0.05) is 53.6 Å². The molecule has 0 spiro atoms. The summed E-state index contributed by atoms with van der Waals surface area (Å²) in [6, 6.07) is 7.42. The lowest BCUT2D eigenvalue weighted by atomic mass is 9.82. The highest BCUT2D eigenvalue weighted by atomic mass is 127. The molecule has 0 heterocycles.